The summed E-state index contributed by atoms with van der Waals surface area (Å²) >= 11 is 0. The van der Waals surface area contributed by atoms with Gasteiger partial charge < -0.3 is 10.6 Å². The van der Waals surface area contributed by atoms with Gasteiger partial charge in [0.2, 0.25) is 0 Å². The van der Waals surface area contributed by atoms with Gasteiger partial charge in [-0.1, -0.05) is 17.7 Å². The van der Waals surface area contributed by atoms with E-state index in [0.29, 0.717) is 11.4 Å². The average molecular weight is 371 g/mol. The molecule has 2 N–H and O–H groups in total. The number of carbonyl (C=O) groups excluding carboxylic acids is 1. The molecular formula is C20H16F3N3O. The maximum absolute atomic E-state index is 12.7. The van der Waals surface area contributed by atoms with Gasteiger partial charge >= 0.3 is 6.18 Å². The zero-order valence-corrected chi connectivity index (χ0v) is 14.3. The zero-order valence-electron chi connectivity index (χ0n) is 14.3. The summed E-state index contributed by atoms with van der Waals surface area (Å²) in [5, 5.41) is 5.66. The number of rotatable bonds is 4. The molecule has 0 bridgehead atoms. The Morgan fingerprint density at radius 2 is 1.56 bits per heavy atom. The van der Waals surface area contributed by atoms with Crippen LogP contribution in [0.2, 0.25) is 0 Å². The number of hydrogen-bond acceptors (Lipinski definition) is 3. The molecule has 3 aromatic rings. The molecule has 0 aliphatic carbocycles. The van der Waals surface area contributed by atoms with Crippen LogP contribution in [0.5, 0.6) is 0 Å². The lowest BCUT2D eigenvalue weighted by Crippen LogP contribution is -2.14. The minimum atomic E-state index is -4.40. The van der Waals surface area contributed by atoms with Crippen molar-refractivity contribution in [2.75, 3.05) is 10.6 Å². The second-order valence-corrected chi connectivity index (χ2v) is 5.92. The van der Waals surface area contributed by atoms with Crippen molar-refractivity contribution < 1.29 is 18.0 Å². The fraction of sp³-hybridized carbons (Fsp3) is 0.100. The number of aromatic nitrogens is 1. The van der Waals surface area contributed by atoms with E-state index in [2.05, 4.69) is 15.6 Å². The monoisotopic (exact) mass is 371 g/mol. The van der Waals surface area contributed by atoms with Crippen molar-refractivity contribution in [3.8, 4) is 0 Å². The Kier molecular flexibility index (Phi) is 5.12. The van der Waals surface area contributed by atoms with Gasteiger partial charge in [-0.25, -0.2) is 4.98 Å². The van der Waals surface area contributed by atoms with E-state index < -0.39 is 11.7 Å². The number of aryl methyl sites for hydroxylation is 1. The molecule has 2 aromatic carbocycles. The molecule has 0 fully saturated rings. The van der Waals surface area contributed by atoms with Crippen LogP contribution in [0.1, 0.15) is 21.5 Å². The first-order chi connectivity index (χ1) is 12.8. The fourth-order valence-corrected chi connectivity index (χ4v) is 2.40. The van der Waals surface area contributed by atoms with Crippen LogP contribution in [0.4, 0.5) is 30.4 Å². The van der Waals surface area contributed by atoms with Crippen molar-refractivity contribution in [2.24, 2.45) is 0 Å². The van der Waals surface area contributed by atoms with Gasteiger partial charge in [0.05, 0.1) is 11.1 Å². The third-order valence-electron chi connectivity index (χ3n) is 3.84. The molecule has 1 heterocycles. The number of alkyl halides is 3. The van der Waals surface area contributed by atoms with E-state index in [-0.39, 0.29) is 17.3 Å². The third-order valence-corrected chi connectivity index (χ3v) is 3.84. The Labute approximate surface area is 154 Å². The van der Waals surface area contributed by atoms with E-state index in [9.17, 15) is 18.0 Å². The Balaban J connectivity index is 1.79. The number of hydrogen-bond donors (Lipinski definition) is 2. The SMILES string of the molecule is Cc1ccc(NC(=O)c2cccnc2Nc2ccc(C(F)(F)F)cc2)cc1. The number of nitrogens with zero attached hydrogens (tertiary/aromatic N) is 1. The summed E-state index contributed by atoms with van der Waals surface area (Å²) in [4.78, 5) is 16.7. The van der Waals surface area contributed by atoms with Crippen LogP contribution < -0.4 is 10.6 Å². The van der Waals surface area contributed by atoms with Crippen LogP contribution in [0.3, 0.4) is 0 Å². The van der Waals surface area contributed by atoms with Crippen LogP contribution >= 0.6 is 0 Å². The van der Waals surface area contributed by atoms with Crippen LogP contribution in [0.15, 0.2) is 66.9 Å². The van der Waals surface area contributed by atoms with Gasteiger partial charge in [-0.2, -0.15) is 13.2 Å². The predicted molar refractivity (Wildman–Crippen MR) is 98.1 cm³/mol. The first-order valence-electron chi connectivity index (χ1n) is 8.10. The number of carbonyl (C=O) groups is 1. The highest BCUT2D eigenvalue weighted by Crippen LogP contribution is 2.30. The van der Waals surface area contributed by atoms with Crippen molar-refractivity contribution in [3.63, 3.8) is 0 Å². The highest BCUT2D eigenvalue weighted by Gasteiger charge is 2.30. The summed E-state index contributed by atoms with van der Waals surface area (Å²) in [5.41, 5.74) is 1.63. The molecule has 0 aliphatic rings. The fourth-order valence-electron chi connectivity index (χ4n) is 2.40. The molecule has 138 valence electrons. The molecule has 27 heavy (non-hydrogen) atoms. The van der Waals surface area contributed by atoms with E-state index in [1.54, 1.807) is 24.3 Å². The van der Waals surface area contributed by atoms with Crippen molar-refractivity contribution in [2.45, 2.75) is 13.1 Å². The predicted octanol–water partition coefficient (Wildman–Crippen LogP) is 5.40. The molecule has 0 saturated carbocycles. The van der Waals surface area contributed by atoms with Crippen molar-refractivity contribution in [1.29, 1.82) is 0 Å². The number of amides is 1. The van der Waals surface area contributed by atoms with Gasteiger partial charge in [-0.3, -0.25) is 4.79 Å². The molecule has 0 saturated heterocycles. The number of halogens is 3. The lowest BCUT2D eigenvalue weighted by atomic mass is 10.2. The summed E-state index contributed by atoms with van der Waals surface area (Å²) in [6.07, 6.45) is -2.91. The van der Waals surface area contributed by atoms with Crippen molar-refractivity contribution >= 4 is 23.1 Å². The van der Waals surface area contributed by atoms with Gasteiger partial charge in [-0.05, 0) is 55.5 Å². The van der Waals surface area contributed by atoms with E-state index >= 15 is 0 Å². The second kappa shape index (κ2) is 7.49. The van der Waals surface area contributed by atoms with E-state index in [1.807, 2.05) is 19.1 Å². The minimum absolute atomic E-state index is 0.252. The molecule has 1 aromatic heterocycles. The van der Waals surface area contributed by atoms with Gasteiger partial charge in [0, 0.05) is 17.6 Å². The number of pyridine rings is 1. The van der Waals surface area contributed by atoms with E-state index in [1.165, 1.54) is 18.3 Å². The molecule has 0 unspecified atom stereocenters. The van der Waals surface area contributed by atoms with Crippen LogP contribution in [0.25, 0.3) is 0 Å². The summed E-state index contributed by atoms with van der Waals surface area (Å²) in [7, 11) is 0. The molecule has 0 atom stereocenters. The van der Waals surface area contributed by atoms with Crippen molar-refractivity contribution in [1.82, 2.24) is 4.98 Å². The Morgan fingerprint density at radius 1 is 0.926 bits per heavy atom. The first-order valence-corrected chi connectivity index (χ1v) is 8.10. The Bertz CT molecular complexity index is 936. The molecule has 0 radical (unpaired) electrons. The van der Waals surface area contributed by atoms with Crippen LogP contribution in [0, 0.1) is 6.92 Å². The van der Waals surface area contributed by atoms with Gasteiger partial charge in [0.25, 0.3) is 5.91 Å². The molecule has 7 heteroatoms. The molecule has 0 aliphatic heterocycles. The first kappa shape index (κ1) is 18.4. The van der Waals surface area contributed by atoms with Gasteiger partial charge in [0.1, 0.15) is 5.82 Å². The highest BCUT2D eigenvalue weighted by molar-refractivity contribution is 6.07. The normalized spacial score (nSPS) is 11.1. The van der Waals surface area contributed by atoms with Crippen LogP contribution in [-0.4, -0.2) is 10.9 Å². The largest absolute Gasteiger partial charge is 0.416 e. The summed E-state index contributed by atoms with van der Waals surface area (Å²) in [5.74, 6) is -0.122. The molecular weight excluding hydrogens is 355 g/mol. The number of benzene rings is 2. The molecule has 0 spiro atoms. The maximum atomic E-state index is 12.7. The summed E-state index contributed by atoms with van der Waals surface area (Å²) < 4.78 is 38.0. The lowest BCUT2D eigenvalue weighted by molar-refractivity contribution is -0.137. The standard InChI is InChI=1S/C20H16F3N3O/c1-13-4-8-16(9-5-13)26-19(27)17-3-2-12-24-18(17)25-15-10-6-14(7-11-15)20(21,22)23/h2-12H,1H3,(H,24,25)(H,26,27). The number of anilines is 3. The highest BCUT2D eigenvalue weighted by atomic mass is 19.4. The second-order valence-electron chi connectivity index (χ2n) is 5.92. The van der Waals surface area contributed by atoms with Gasteiger partial charge in [0.15, 0.2) is 0 Å². The summed E-state index contributed by atoms with van der Waals surface area (Å²) in [6.45, 7) is 1.94. The minimum Gasteiger partial charge on any atom is -0.340 e. The van der Waals surface area contributed by atoms with Gasteiger partial charge in [-0.15, -0.1) is 0 Å². The Hall–Kier alpha value is -3.35. The third kappa shape index (κ3) is 4.63. The van der Waals surface area contributed by atoms with E-state index in [0.717, 1.165) is 17.7 Å². The quantitative estimate of drug-likeness (QED) is 0.645. The zero-order chi connectivity index (χ0) is 19.4. The van der Waals surface area contributed by atoms with E-state index in [4.69, 9.17) is 0 Å². The molecule has 4 nitrogen and oxygen atoms in total. The maximum Gasteiger partial charge on any atom is 0.416 e. The number of nitrogens with one attached hydrogen (secondary N) is 2. The van der Waals surface area contributed by atoms with Crippen LogP contribution in [-0.2, 0) is 6.18 Å². The smallest absolute Gasteiger partial charge is 0.340 e. The summed E-state index contributed by atoms with van der Waals surface area (Å²) in [6, 6.07) is 15.0. The lowest BCUT2D eigenvalue weighted by Gasteiger charge is -2.12. The topological polar surface area (TPSA) is 54.0 Å². The van der Waals surface area contributed by atoms with Crippen molar-refractivity contribution in [3.05, 3.63) is 83.6 Å². The molecule has 3 rings (SSSR count). The average Bonchev–Trinajstić information content (AvgIpc) is 2.64. The Morgan fingerprint density at radius 3 is 2.19 bits per heavy atom. The molecule has 1 amide bonds.